The molecule has 1 aromatic rings. The summed E-state index contributed by atoms with van der Waals surface area (Å²) in [5.41, 5.74) is 0. The molecule has 1 rings (SSSR count). The number of hydrogen-bond donors (Lipinski definition) is 1. The van der Waals surface area contributed by atoms with Crippen molar-refractivity contribution < 1.29 is 9.84 Å². The highest BCUT2D eigenvalue weighted by atomic mass is 79.9. The summed E-state index contributed by atoms with van der Waals surface area (Å²) in [6.07, 6.45) is 0.477. The Labute approximate surface area is 102 Å². The molecule has 0 unspecified atom stereocenters. The minimum absolute atomic E-state index is 0.0810. The molecule has 0 aliphatic rings. The molecule has 0 heterocycles. The molecule has 4 heteroatoms. The van der Waals surface area contributed by atoms with Gasteiger partial charge in [0.25, 0.3) is 0 Å². The van der Waals surface area contributed by atoms with Crippen molar-refractivity contribution in [1.29, 1.82) is 0 Å². The highest BCUT2D eigenvalue weighted by molar-refractivity contribution is 9.10. The average Bonchev–Trinajstić information content (AvgIpc) is 2.20. The SMILES string of the molecule is OCCC#CCOc1ccc(Cl)cc1Br. The molecule has 15 heavy (non-hydrogen) atoms. The molecule has 0 aliphatic heterocycles. The molecule has 0 fully saturated rings. The summed E-state index contributed by atoms with van der Waals surface area (Å²) < 4.78 is 6.18. The summed E-state index contributed by atoms with van der Waals surface area (Å²) in [5, 5.41) is 9.15. The molecule has 0 spiro atoms. The van der Waals surface area contributed by atoms with Crippen LogP contribution in [0.2, 0.25) is 5.02 Å². The Balaban J connectivity index is 2.48. The molecule has 2 nitrogen and oxygen atoms in total. The molecular weight excluding hydrogens is 279 g/mol. The van der Waals surface area contributed by atoms with Gasteiger partial charge in [-0.2, -0.15) is 0 Å². The summed E-state index contributed by atoms with van der Waals surface area (Å²) >= 11 is 9.11. The molecule has 80 valence electrons. The smallest absolute Gasteiger partial charge is 0.149 e. The third kappa shape index (κ3) is 4.57. The van der Waals surface area contributed by atoms with E-state index in [1.165, 1.54) is 0 Å². The van der Waals surface area contributed by atoms with E-state index in [1.807, 2.05) is 0 Å². The maximum Gasteiger partial charge on any atom is 0.149 e. The Morgan fingerprint density at radius 2 is 2.20 bits per heavy atom. The zero-order valence-corrected chi connectivity index (χ0v) is 10.3. The van der Waals surface area contributed by atoms with E-state index in [2.05, 4.69) is 27.8 Å². The predicted octanol–water partition coefficient (Wildman–Crippen LogP) is 2.87. The van der Waals surface area contributed by atoms with Crippen LogP contribution >= 0.6 is 27.5 Å². The number of halogens is 2. The normalized spacial score (nSPS) is 9.27. The van der Waals surface area contributed by atoms with Crippen molar-refractivity contribution >= 4 is 27.5 Å². The van der Waals surface area contributed by atoms with Gasteiger partial charge < -0.3 is 9.84 Å². The molecule has 1 aromatic carbocycles. The molecule has 0 atom stereocenters. The lowest BCUT2D eigenvalue weighted by Crippen LogP contribution is -1.94. The van der Waals surface area contributed by atoms with Gasteiger partial charge in [0.2, 0.25) is 0 Å². The van der Waals surface area contributed by atoms with Crippen molar-refractivity contribution in [3.05, 3.63) is 27.7 Å². The first-order chi connectivity index (χ1) is 7.24. The van der Waals surface area contributed by atoms with Crippen LogP contribution in [0.4, 0.5) is 0 Å². The van der Waals surface area contributed by atoms with Gasteiger partial charge in [0.05, 0.1) is 11.1 Å². The second-order valence-electron chi connectivity index (χ2n) is 2.69. The third-order valence-electron chi connectivity index (χ3n) is 1.56. The number of aliphatic hydroxyl groups is 1. The van der Waals surface area contributed by atoms with Crippen LogP contribution in [-0.2, 0) is 0 Å². The molecule has 0 aromatic heterocycles. The van der Waals surface area contributed by atoms with Gasteiger partial charge in [-0.25, -0.2) is 0 Å². The molecule has 0 saturated carbocycles. The summed E-state index contributed by atoms with van der Waals surface area (Å²) in [5.74, 6) is 6.27. The average molecular weight is 290 g/mol. The Morgan fingerprint density at radius 1 is 1.40 bits per heavy atom. The molecule has 1 N–H and O–H groups in total. The first-order valence-electron chi connectivity index (χ1n) is 4.38. The first-order valence-corrected chi connectivity index (χ1v) is 5.55. The van der Waals surface area contributed by atoms with E-state index in [1.54, 1.807) is 18.2 Å². The zero-order chi connectivity index (χ0) is 11.1. The van der Waals surface area contributed by atoms with Crippen LogP contribution in [0.1, 0.15) is 6.42 Å². The van der Waals surface area contributed by atoms with Crippen molar-refractivity contribution in [1.82, 2.24) is 0 Å². The molecule has 0 aliphatic carbocycles. The summed E-state index contributed by atoms with van der Waals surface area (Å²) in [6, 6.07) is 5.29. The van der Waals surface area contributed by atoms with Gasteiger partial charge in [-0.1, -0.05) is 23.4 Å². The van der Waals surface area contributed by atoms with Gasteiger partial charge >= 0.3 is 0 Å². The van der Waals surface area contributed by atoms with Gasteiger partial charge in [0, 0.05) is 11.4 Å². The van der Waals surface area contributed by atoms with E-state index in [-0.39, 0.29) is 6.61 Å². The van der Waals surface area contributed by atoms with Gasteiger partial charge in [0.1, 0.15) is 12.4 Å². The van der Waals surface area contributed by atoms with Crippen molar-refractivity contribution in [2.75, 3.05) is 13.2 Å². The molecular formula is C11H10BrClO2. The van der Waals surface area contributed by atoms with E-state index in [0.29, 0.717) is 23.8 Å². The van der Waals surface area contributed by atoms with Crippen LogP contribution in [0.5, 0.6) is 5.75 Å². The Kier molecular flexibility index (Phi) is 5.56. The maximum absolute atomic E-state index is 8.49. The summed E-state index contributed by atoms with van der Waals surface area (Å²) in [4.78, 5) is 0. The fourth-order valence-corrected chi connectivity index (χ4v) is 1.70. The number of rotatable bonds is 3. The molecule has 0 saturated heterocycles. The number of hydrogen-bond acceptors (Lipinski definition) is 2. The van der Waals surface area contributed by atoms with Crippen LogP contribution in [0, 0.1) is 11.8 Å². The number of ether oxygens (including phenoxy) is 1. The monoisotopic (exact) mass is 288 g/mol. The van der Waals surface area contributed by atoms with Crippen LogP contribution in [0.3, 0.4) is 0 Å². The largest absolute Gasteiger partial charge is 0.480 e. The fourth-order valence-electron chi connectivity index (χ4n) is 0.901. The second kappa shape index (κ2) is 6.73. The minimum atomic E-state index is 0.0810. The van der Waals surface area contributed by atoms with Gasteiger partial charge in [-0.05, 0) is 34.1 Å². The van der Waals surface area contributed by atoms with Crippen LogP contribution in [-0.4, -0.2) is 18.3 Å². The zero-order valence-electron chi connectivity index (χ0n) is 7.96. The highest BCUT2D eigenvalue weighted by Crippen LogP contribution is 2.27. The topological polar surface area (TPSA) is 29.5 Å². The summed E-state index contributed by atoms with van der Waals surface area (Å²) in [6.45, 7) is 0.387. The van der Waals surface area contributed by atoms with E-state index in [9.17, 15) is 0 Å². The van der Waals surface area contributed by atoms with Gasteiger partial charge in [-0.15, -0.1) is 0 Å². The third-order valence-corrected chi connectivity index (χ3v) is 2.41. The van der Waals surface area contributed by atoms with E-state index >= 15 is 0 Å². The van der Waals surface area contributed by atoms with Crippen molar-refractivity contribution in [2.24, 2.45) is 0 Å². The molecule has 0 amide bonds. The molecule has 0 radical (unpaired) electrons. The van der Waals surface area contributed by atoms with Crippen LogP contribution < -0.4 is 4.74 Å². The first kappa shape index (κ1) is 12.4. The van der Waals surface area contributed by atoms with Crippen molar-refractivity contribution in [3.8, 4) is 17.6 Å². The van der Waals surface area contributed by atoms with Crippen molar-refractivity contribution in [3.63, 3.8) is 0 Å². The van der Waals surface area contributed by atoms with Crippen LogP contribution in [0.25, 0.3) is 0 Å². The summed E-state index contributed by atoms with van der Waals surface area (Å²) in [7, 11) is 0. The van der Waals surface area contributed by atoms with Gasteiger partial charge in [-0.3, -0.25) is 0 Å². The van der Waals surface area contributed by atoms with Gasteiger partial charge in [0.15, 0.2) is 0 Å². The Bertz CT molecular complexity index is 382. The second-order valence-corrected chi connectivity index (χ2v) is 3.98. The lowest BCUT2D eigenvalue weighted by Gasteiger charge is -2.04. The van der Waals surface area contributed by atoms with Crippen molar-refractivity contribution in [2.45, 2.75) is 6.42 Å². The minimum Gasteiger partial charge on any atom is -0.480 e. The number of aliphatic hydroxyl groups excluding tert-OH is 1. The lowest BCUT2D eigenvalue weighted by atomic mass is 10.3. The maximum atomic E-state index is 8.49. The fraction of sp³-hybridized carbons (Fsp3) is 0.273. The Morgan fingerprint density at radius 3 is 2.87 bits per heavy atom. The van der Waals surface area contributed by atoms with Crippen LogP contribution in [0.15, 0.2) is 22.7 Å². The molecule has 0 bridgehead atoms. The standard InChI is InChI=1S/C11H10BrClO2/c12-10-8-9(13)4-5-11(10)15-7-3-1-2-6-14/h4-5,8,14H,2,6-7H2. The Hall–Kier alpha value is -0.690. The quantitative estimate of drug-likeness (QED) is 0.867. The van der Waals surface area contributed by atoms with E-state index in [0.717, 1.165) is 4.47 Å². The van der Waals surface area contributed by atoms with E-state index in [4.69, 9.17) is 21.4 Å². The predicted molar refractivity (Wildman–Crippen MR) is 64.1 cm³/mol. The number of benzene rings is 1. The highest BCUT2D eigenvalue weighted by Gasteiger charge is 1.99. The lowest BCUT2D eigenvalue weighted by molar-refractivity contribution is 0.305. The van der Waals surface area contributed by atoms with E-state index < -0.39 is 0 Å².